The molecule has 1 amide bonds. The molecule has 5 heteroatoms. The molecular weight excluding hydrogens is 240 g/mol. The van der Waals surface area contributed by atoms with Gasteiger partial charge >= 0.3 is 0 Å². The third kappa shape index (κ3) is 2.30. The molecule has 4 N–H and O–H groups in total. The second-order valence-electron chi connectivity index (χ2n) is 5.53. The quantitative estimate of drug-likeness (QED) is 0.815. The second-order valence-corrected chi connectivity index (χ2v) is 5.53. The van der Waals surface area contributed by atoms with E-state index < -0.39 is 5.91 Å². The van der Waals surface area contributed by atoms with Gasteiger partial charge < -0.3 is 16.4 Å². The summed E-state index contributed by atoms with van der Waals surface area (Å²) in [5.41, 5.74) is 14.4. The normalized spacial score (nSPS) is 22.4. The number of carbonyl (C=O) groups excluding carboxylic acids is 1. The highest BCUT2D eigenvalue weighted by atomic mass is 16.1. The van der Waals surface area contributed by atoms with E-state index >= 15 is 0 Å². The molecule has 3 rings (SSSR count). The molecule has 2 heterocycles. The molecule has 5 nitrogen and oxygen atoms in total. The second kappa shape index (κ2) is 4.81. The number of pyridine rings is 1. The average molecular weight is 260 g/mol. The number of rotatable bonds is 2. The van der Waals surface area contributed by atoms with Gasteiger partial charge in [0.15, 0.2) is 0 Å². The van der Waals surface area contributed by atoms with Crippen LogP contribution in [0, 0.1) is 0 Å². The predicted molar refractivity (Wildman–Crippen MR) is 74.2 cm³/mol. The maximum absolute atomic E-state index is 11.7. The van der Waals surface area contributed by atoms with Crippen LogP contribution in [0.5, 0.6) is 0 Å². The Balaban J connectivity index is 2.01. The van der Waals surface area contributed by atoms with Gasteiger partial charge in [0.25, 0.3) is 5.91 Å². The number of aromatic nitrogens is 1. The van der Waals surface area contributed by atoms with Crippen LogP contribution in [-0.4, -0.2) is 30.0 Å². The Morgan fingerprint density at radius 3 is 2.95 bits per heavy atom. The van der Waals surface area contributed by atoms with Crippen molar-refractivity contribution in [3.05, 3.63) is 22.9 Å². The summed E-state index contributed by atoms with van der Waals surface area (Å²) in [5.74, 6) is 0.347. The van der Waals surface area contributed by atoms with Crippen LogP contribution < -0.4 is 16.4 Å². The van der Waals surface area contributed by atoms with E-state index in [2.05, 4.69) is 4.90 Å². The molecule has 0 bridgehead atoms. The zero-order chi connectivity index (χ0) is 13.4. The van der Waals surface area contributed by atoms with E-state index in [1.807, 2.05) is 6.07 Å². The number of piperidine rings is 1. The Morgan fingerprint density at radius 2 is 2.21 bits per heavy atom. The minimum Gasteiger partial charge on any atom is -0.365 e. The number of aryl methyl sites for hydroxylation is 2. The first-order chi connectivity index (χ1) is 9.15. The lowest BCUT2D eigenvalue weighted by Crippen LogP contribution is -2.44. The first-order valence-electron chi connectivity index (χ1n) is 6.98. The minimum absolute atomic E-state index is 0.157. The van der Waals surface area contributed by atoms with Crippen LogP contribution in [0.15, 0.2) is 6.07 Å². The zero-order valence-electron chi connectivity index (χ0n) is 11.1. The molecular formula is C14H20N4O. The Hall–Kier alpha value is -1.62. The molecule has 1 aliphatic carbocycles. The number of fused-ring (bicyclic) bond motifs is 1. The number of amides is 1. The van der Waals surface area contributed by atoms with Gasteiger partial charge in [-0.25, -0.2) is 4.98 Å². The van der Waals surface area contributed by atoms with E-state index in [-0.39, 0.29) is 6.04 Å². The summed E-state index contributed by atoms with van der Waals surface area (Å²) < 4.78 is 0. The standard InChI is InChI=1S/C14H20N4O/c15-10-4-2-6-18(8-10)14-11(13(16)19)7-9-3-1-5-12(9)17-14/h7,10H,1-6,8,15H2,(H2,16,19)/t10-/m1/s1. The summed E-state index contributed by atoms with van der Waals surface area (Å²) in [6.07, 6.45) is 5.19. The number of primary amides is 1. The molecule has 1 saturated heterocycles. The number of nitrogens with two attached hydrogens (primary N) is 2. The van der Waals surface area contributed by atoms with Gasteiger partial charge in [-0.05, 0) is 43.7 Å². The summed E-state index contributed by atoms with van der Waals surface area (Å²) in [6, 6.07) is 2.09. The third-order valence-electron chi connectivity index (χ3n) is 4.05. The fourth-order valence-electron chi connectivity index (χ4n) is 3.09. The van der Waals surface area contributed by atoms with Gasteiger partial charge in [-0.3, -0.25) is 4.79 Å². The first-order valence-corrected chi connectivity index (χ1v) is 6.98. The van der Waals surface area contributed by atoms with E-state index in [1.54, 1.807) is 0 Å². The van der Waals surface area contributed by atoms with Crippen LogP contribution in [0.4, 0.5) is 5.82 Å². The third-order valence-corrected chi connectivity index (χ3v) is 4.05. The summed E-state index contributed by atoms with van der Waals surface area (Å²) in [4.78, 5) is 18.5. The van der Waals surface area contributed by atoms with Crippen molar-refractivity contribution >= 4 is 11.7 Å². The van der Waals surface area contributed by atoms with Crippen molar-refractivity contribution in [1.82, 2.24) is 4.98 Å². The van der Waals surface area contributed by atoms with Crippen LogP contribution in [0.2, 0.25) is 0 Å². The molecule has 0 unspecified atom stereocenters. The number of anilines is 1. The Morgan fingerprint density at radius 1 is 1.37 bits per heavy atom. The van der Waals surface area contributed by atoms with Gasteiger partial charge in [-0.15, -0.1) is 0 Å². The molecule has 1 fully saturated rings. The first kappa shape index (κ1) is 12.4. The summed E-state index contributed by atoms with van der Waals surface area (Å²) >= 11 is 0. The molecule has 1 aromatic heterocycles. The lowest BCUT2D eigenvalue weighted by molar-refractivity contribution is 0.1000. The monoisotopic (exact) mass is 260 g/mol. The van der Waals surface area contributed by atoms with E-state index in [9.17, 15) is 4.79 Å². The van der Waals surface area contributed by atoms with Crippen molar-refractivity contribution in [2.75, 3.05) is 18.0 Å². The van der Waals surface area contributed by atoms with Crippen molar-refractivity contribution in [2.45, 2.75) is 38.1 Å². The summed E-state index contributed by atoms with van der Waals surface area (Å²) in [7, 11) is 0. The van der Waals surface area contributed by atoms with Crippen LogP contribution in [-0.2, 0) is 12.8 Å². The van der Waals surface area contributed by atoms with Gasteiger partial charge in [-0.1, -0.05) is 0 Å². The number of hydrogen-bond acceptors (Lipinski definition) is 4. The molecule has 2 aliphatic rings. The molecule has 1 aliphatic heterocycles. The fraction of sp³-hybridized carbons (Fsp3) is 0.571. The molecule has 0 aromatic carbocycles. The Labute approximate surface area is 113 Å². The maximum atomic E-state index is 11.7. The SMILES string of the molecule is NC(=O)c1cc2c(nc1N1CCC[C@@H](N)C1)CCC2. The predicted octanol–water partition coefficient (Wildman–Crippen LogP) is 0.597. The van der Waals surface area contributed by atoms with Crippen molar-refractivity contribution < 1.29 is 4.79 Å². The van der Waals surface area contributed by atoms with Gasteiger partial charge in [0.1, 0.15) is 5.82 Å². The molecule has 102 valence electrons. The van der Waals surface area contributed by atoms with Gasteiger partial charge in [0, 0.05) is 24.8 Å². The van der Waals surface area contributed by atoms with Crippen LogP contribution in [0.25, 0.3) is 0 Å². The van der Waals surface area contributed by atoms with E-state index in [0.717, 1.165) is 56.7 Å². The molecule has 1 atom stereocenters. The lowest BCUT2D eigenvalue weighted by Gasteiger charge is -2.32. The van der Waals surface area contributed by atoms with Crippen molar-refractivity contribution in [3.63, 3.8) is 0 Å². The Kier molecular flexibility index (Phi) is 3.14. The number of carbonyl (C=O) groups is 1. The van der Waals surface area contributed by atoms with E-state index in [4.69, 9.17) is 16.5 Å². The highest BCUT2D eigenvalue weighted by Crippen LogP contribution is 2.28. The van der Waals surface area contributed by atoms with Gasteiger partial charge in [-0.2, -0.15) is 0 Å². The van der Waals surface area contributed by atoms with E-state index in [0.29, 0.717) is 5.56 Å². The maximum Gasteiger partial charge on any atom is 0.252 e. The van der Waals surface area contributed by atoms with Crippen molar-refractivity contribution in [3.8, 4) is 0 Å². The molecule has 1 aromatic rings. The van der Waals surface area contributed by atoms with Crippen LogP contribution in [0.1, 0.15) is 40.9 Å². The van der Waals surface area contributed by atoms with E-state index in [1.165, 1.54) is 5.56 Å². The average Bonchev–Trinajstić information content (AvgIpc) is 2.84. The number of hydrogen-bond donors (Lipinski definition) is 2. The smallest absolute Gasteiger partial charge is 0.252 e. The van der Waals surface area contributed by atoms with Crippen LogP contribution >= 0.6 is 0 Å². The van der Waals surface area contributed by atoms with Crippen molar-refractivity contribution in [2.24, 2.45) is 11.5 Å². The highest BCUT2D eigenvalue weighted by molar-refractivity contribution is 5.98. The van der Waals surface area contributed by atoms with Gasteiger partial charge in [0.2, 0.25) is 0 Å². The topological polar surface area (TPSA) is 85.2 Å². The summed E-state index contributed by atoms with van der Waals surface area (Å²) in [6.45, 7) is 1.66. The lowest BCUT2D eigenvalue weighted by atomic mass is 10.0. The van der Waals surface area contributed by atoms with Crippen molar-refractivity contribution in [1.29, 1.82) is 0 Å². The van der Waals surface area contributed by atoms with Crippen LogP contribution in [0.3, 0.4) is 0 Å². The molecule has 19 heavy (non-hydrogen) atoms. The minimum atomic E-state index is -0.392. The van der Waals surface area contributed by atoms with Gasteiger partial charge in [0.05, 0.1) is 5.56 Å². The molecule has 0 saturated carbocycles. The largest absolute Gasteiger partial charge is 0.365 e. The Bertz CT molecular complexity index is 514. The number of nitrogens with zero attached hydrogens (tertiary/aromatic N) is 2. The molecule has 0 radical (unpaired) electrons. The zero-order valence-corrected chi connectivity index (χ0v) is 11.1. The highest BCUT2D eigenvalue weighted by Gasteiger charge is 2.25. The molecule has 0 spiro atoms. The fourth-order valence-corrected chi connectivity index (χ4v) is 3.09. The summed E-state index contributed by atoms with van der Waals surface area (Å²) in [5, 5.41) is 0.